The molecule has 0 unspecified atom stereocenters. The number of hydrogen-bond acceptors (Lipinski definition) is 4. The number of aromatic nitrogens is 4. The molecule has 0 aliphatic heterocycles. The Hall–Kier alpha value is -6.85. The average molecular weight is 681 g/mol. The number of fused-ring (bicyclic) bond motifs is 9. The zero-order chi connectivity index (χ0) is 35.3. The van der Waals surface area contributed by atoms with Crippen molar-refractivity contribution in [2.75, 3.05) is 0 Å². The summed E-state index contributed by atoms with van der Waals surface area (Å²) >= 11 is 0. The van der Waals surface area contributed by atoms with E-state index in [0.29, 0.717) is 17.6 Å². The molecule has 10 aromatic rings. The molecule has 0 N–H and O–H groups in total. The average Bonchev–Trinajstić information content (AvgIpc) is 3.82. The van der Waals surface area contributed by atoms with Crippen molar-refractivity contribution in [3.63, 3.8) is 0 Å². The Kier molecular flexibility index (Phi) is 6.23. The molecule has 0 bridgehead atoms. The largest absolute Gasteiger partial charge is 0.456 e. The first-order valence-corrected chi connectivity index (χ1v) is 18.0. The van der Waals surface area contributed by atoms with Crippen LogP contribution in [0.15, 0.2) is 162 Å². The maximum absolute atomic E-state index is 6.52. The Morgan fingerprint density at radius 1 is 0.453 bits per heavy atom. The molecular weight excluding hydrogens is 649 g/mol. The minimum absolute atomic E-state index is 0.150. The van der Waals surface area contributed by atoms with Crippen molar-refractivity contribution in [1.82, 2.24) is 19.5 Å². The van der Waals surface area contributed by atoms with Crippen molar-refractivity contribution in [2.24, 2.45) is 0 Å². The Morgan fingerprint density at radius 2 is 1.15 bits per heavy atom. The van der Waals surface area contributed by atoms with Crippen molar-refractivity contribution < 1.29 is 4.42 Å². The van der Waals surface area contributed by atoms with Gasteiger partial charge in [0.1, 0.15) is 11.2 Å². The first kappa shape index (κ1) is 29.8. The highest BCUT2D eigenvalue weighted by molar-refractivity contribution is 6.13. The third kappa shape index (κ3) is 4.40. The van der Waals surface area contributed by atoms with Gasteiger partial charge in [-0.1, -0.05) is 135 Å². The third-order valence-corrected chi connectivity index (χ3v) is 11.1. The Morgan fingerprint density at radius 3 is 1.98 bits per heavy atom. The normalized spacial score (nSPS) is 13.2. The Labute approximate surface area is 305 Å². The highest BCUT2D eigenvalue weighted by Crippen LogP contribution is 2.51. The molecule has 7 aromatic carbocycles. The van der Waals surface area contributed by atoms with Crippen LogP contribution in [0.4, 0.5) is 0 Å². The predicted octanol–water partition coefficient (Wildman–Crippen LogP) is 12.2. The molecule has 0 saturated carbocycles. The van der Waals surface area contributed by atoms with E-state index in [1.54, 1.807) is 0 Å². The van der Waals surface area contributed by atoms with Gasteiger partial charge in [0.2, 0.25) is 5.95 Å². The first-order chi connectivity index (χ1) is 26.0. The lowest BCUT2D eigenvalue weighted by molar-refractivity contribution is 0.661. The summed E-state index contributed by atoms with van der Waals surface area (Å²) in [6, 6.07) is 55.3. The summed E-state index contributed by atoms with van der Waals surface area (Å²) in [6.45, 7) is 4.64. The van der Waals surface area contributed by atoms with E-state index >= 15 is 0 Å². The number of rotatable bonds is 4. The molecule has 1 aliphatic rings. The van der Waals surface area contributed by atoms with Gasteiger partial charge in [-0.05, 0) is 69.8 Å². The van der Waals surface area contributed by atoms with E-state index in [1.165, 1.54) is 27.6 Å². The molecule has 3 heterocycles. The van der Waals surface area contributed by atoms with Gasteiger partial charge in [0.25, 0.3) is 0 Å². The number of benzene rings is 7. The summed E-state index contributed by atoms with van der Waals surface area (Å²) in [5, 5.41) is 4.49. The van der Waals surface area contributed by atoms with Crippen LogP contribution < -0.4 is 0 Å². The second kappa shape index (κ2) is 11.1. The molecule has 1 aliphatic carbocycles. The van der Waals surface area contributed by atoms with Gasteiger partial charge in [-0.2, -0.15) is 9.97 Å². The van der Waals surface area contributed by atoms with Crippen LogP contribution >= 0.6 is 0 Å². The topological polar surface area (TPSA) is 56.7 Å². The fourth-order valence-corrected chi connectivity index (χ4v) is 8.51. The molecule has 250 valence electrons. The SMILES string of the molecule is CC1(C)c2ccccc2-c2cc3c4ccccc4n(-c4nc(-c5ccccc5)nc(-c5ccc6c(c5)oc5cccc(-c7ccccc7)c56)n4)c3cc21. The molecule has 0 atom stereocenters. The highest BCUT2D eigenvalue weighted by atomic mass is 16.3. The fourth-order valence-electron chi connectivity index (χ4n) is 8.51. The monoisotopic (exact) mass is 680 g/mol. The van der Waals surface area contributed by atoms with Gasteiger partial charge >= 0.3 is 0 Å². The maximum Gasteiger partial charge on any atom is 0.238 e. The minimum atomic E-state index is -0.150. The van der Waals surface area contributed by atoms with Crippen LogP contribution in [0, 0.1) is 0 Å². The number of nitrogens with zero attached hydrogens (tertiary/aromatic N) is 4. The van der Waals surface area contributed by atoms with Gasteiger partial charge in [0.15, 0.2) is 11.6 Å². The number of para-hydroxylation sites is 1. The fraction of sp³-hybridized carbons (Fsp3) is 0.0625. The van der Waals surface area contributed by atoms with Gasteiger partial charge in [-0.15, -0.1) is 0 Å². The van der Waals surface area contributed by atoms with E-state index in [1.807, 2.05) is 30.3 Å². The van der Waals surface area contributed by atoms with Crippen molar-refractivity contribution in [2.45, 2.75) is 19.3 Å². The third-order valence-electron chi connectivity index (χ3n) is 11.1. The first-order valence-electron chi connectivity index (χ1n) is 18.0. The molecule has 3 aromatic heterocycles. The molecule has 5 heteroatoms. The smallest absolute Gasteiger partial charge is 0.238 e. The minimum Gasteiger partial charge on any atom is -0.456 e. The van der Waals surface area contributed by atoms with E-state index in [-0.39, 0.29) is 5.41 Å². The molecule has 0 spiro atoms. The maximum atomic E-state index is 6.52. The van der Waals surface area contributed by atoms with Gasteiger partial charge in [-0.25, -0.2) is 4.98 Å². The lowest BCUT2D eigenvalue weighted by atomic mass is 9.82. The van der Waals surface area contributed by atoms with Crippen molar-refractivity contribution in [3.05, 3.63) is 169 Å². The van der Waals surface area contributed by atoms with Crippen LogP contribution in [0.2, 0.25) is 0 Å². The Bertz CT molecular complexity index is 3080. The quantitative estimate of drug-likeness (QED) is 0.186. The van der Waals surface area contributed by atoms with Crippen LogP contribution in [0.25, 0.3) is 94.7 Å². The standard InChI is InChI=1S/C48H32N4O/c1-48(2)38-21-11-9-18-33(38)36-27-37-34-19-10-12-22-40(34)52(41(37)28-39(36)48)47-50-45(30-16-7-4-8-17-30)49-46(51-47)31-24-25-35-43(26-31)53-42-23-13-20-32(44(35)42)29-14-5-3-6-15-29/h3-28H,1-2H3. The zero-order valence-corrected chi connectivity index (χ0v) is 29.2. The van der Waals surface area contributed by atoms with Crippen molar-refractivity contribution >= 4 is 43.7 Å². The molecule has 5 nitrogen and oxygen atoms in total. The molecule has 53 heavy (non-hydrogen) atoms. The second-order valence-electron chi connectivity index (χ2n) is 14.4. The summed E-state index contributed by atoms with van der Waals surface area (Å²) in [5.74, 6) is 1.77. The van der Waals surface area contributed by atoms with Crippen LogP contribution in [0.3, 0.4) is 0 Å². The lowest BCUT2D eigenvalue weighted by Crippen LogP contribution is -2.15. The Balaban J connectivity index is 1.15. The van der Waals surface area contributed by atoms with Gasteiger partial charge in [-0.3, -0.25) is 4.57 Å². The molecule has 0 fully saturated rings. The zero-order valence-electron chi connectivity index (χ0n) is 29.2. The van der Waals surface area contributed by atoms with Crippen LogP contribution in [0.1, 0.15) is 25.0 Å². The van der Waals surface area contributed by atoms with E-state index < -0.39 is 0 Å². The molecule has 0 amide bonds. The van der Waals surface area contributed by atoms with E-state index in [4.69, 9.17) is 19.4 Å². The summed E-state index contributed by atoms with van der Waals surface area (Å²) in [7, 11) is 0. The van der Waals surface area contributed by atoms with Crippen LogP contribution in [0.5, 0.6) is 0 Å². The summed E-state index contributed by atoms with van der Waals surface area (Å²) in [6.07, 6.45) is 0. The van der Waals surface area contributed by atoms with Crippen LogP contribution in [-0.4, -0.2) is 19.5 Å². The van der Waals surface area contributed by atoms with E-state index in [2.05, 4.69) is 146 Å². The van der Waals surface area contributed by atoms with Gasteiger partial charge < -0.3 is 4.42 Å². The van der Waals surface area contributed by atoms with Crippen LogP contribution in [-0.2, 0) is 5.41 Å². The summed E-state index contributed by atoms with van der Waals surface area (Å²) < 4.78 is 8.74. The lowest BCUT2D eigenvalue weighted by Gasteiger charge is -2.21. The molecule has 0 saturated heterocycles. The molecular formula is C48H32N4O. The van der Waals surface area contributed by atoms with E-state index in [0.717, 1.165) is 60.6 Å². The summed E-state index contributed by atoms with van der Waals surface area (Å²) in [4.78, 5) is 15.6. The number of furan rings is 1. The summed E-state index contributed by atoms with van der Waals surface area (Å²) in [5.41, 5.74) is 12.9. The highest BCUT2D eigenvalue weighted by Gasteiger charge is 2.36. The molecule has 11 rings (SSSR count). The van der Waals surface area contributed by atoms with Crippen molar-refractivity contribution in [3.8, 4) is 51.0 Å². The van der Waals surface area contributed by atoms with Gasteiger partial charge in [0.05, 0.1) is 11.0 Å². The van der Waals surface area contributed by atoms with E-state index in [9.17, 15) is 0 Å². The number of hydrogen-bond donors (Lipinski definition) is 0. The molecule has 0 radical (unpaired) electrons. The second-order valence-corrected chi connectivity index (χ2v) is 14.4. The van der Waals surface area contributed by atoms with Crippen molar-refractivity contribution in [1.29, 1.82) is 0 Å². The predicted molar refractivity (Wildman–Crippen MR) is 215 cm³/mol. The van der Waals surface area contributed by atoms with Gasteiger partial charge in [0, 0.05) is 38.1 Å².